The van der Waals surface area contributed by atoms with Crippen LogP contribution in [0.1, 0.15) is 53.6 Å². The molecule has 0 radical (unpaired) electrons. The second-order valence-corrected chi connectivity index (χ2v) is 9.38. The van der Waals surface area contributed by atoms with Gasteiger partial charge in [0.05, 0.1) is 35.6 Å². The second kappa shape index (κ2) is 14.6. The Morgan fingerprint density at radius 3 is 2.86 bits per heavy atom. The maximum absolute atomic E-state index is 13.0. The molecule has 3 rings (SSSR count). The molecule has 2 heterocycles. The summed E-state index contributed by atoms with van der Waals surface area (Å²) in [5, 5.41) is 14.6. The van der Waals surface area contributed by atoms with Gasteiger partial charge in [-0.2, -0.15) is 0 Å². The number of likely N-dealkylation sites (tertiary alicyclic amines) is 1. The highest BCUT2D eigenvalue weighted by Gasteiger charge is 2.23. The summed E-state index contributed by atoms with van der Waals surface area (Å²) in [5.41, 5.74) is 1.62. The first-order valence-corrected chi connectivity index (χ1v) is 13.0. The van der Waals surface area contributed by atoms with E-state index in [1.54, 1.807) is 24.0 Å². The molecule has 2 aliphatic rings. The Kier molecular flexibility index (Phi) is 11.2. The summed E-state index contributed by atoms with van der Waals surface area (Å²) >= 11 is 6.45. The summed E-state index contributed by atoms with van der Waals surface area (Å²) in [6.07, 6.45) is 13.2. The lowest BCUT2D eigenvalue weighted by atomic mass is 9.96. The summed E-state index contributed by atoms with van der Waals surface area (Å²) < 4.78 is 11.3. The Bertz CT molecular complexity index is 1060. The molecular weight excluding hydrogens is 496 g/mol. The fourth-order valence-electron chi connectivity index (χ4n) is 4.27. The minimum absolute atomic E-state index is 0.0437. The average molecular weight is 531 g/mol. The molecule has 0 bridgehead atoms. The normalized spacial score (nSPS) is 21.9. The van der Waals surface area contributed by atoms with Crippen molar-refractivity contribution in [3.63, 3.8) is 0 Å². The Morgan fingerprint density at radius 1 is 1.32 bits per heavy atom. The van der Waals surface area contributed by atoms with Gasteiger partial charge in [-0.3, -0.25) is 4.79 Å². The van der Waals surface area contributed by atoms with Crippen LogP contribution in [0.3, 0.4) is 0 Å². The zero-order valence-electron chi connectivity index (χ0n) is 21.3. The lowest BCUT2D eigenvalue weighted by molar-refractivity contribution is -0.137. The van der Waals surface area contributed by atoms with Gasteiger partial charge >= 0.3 is 5.97 Å². The molecule has 2 aliphatic heterocycles. The first-order chi connectivity index (χ1) is 17.9. The minimum atomic E-state index is -0.538. The standard InChI is InChI=1S/C28H35ClN2O6/c1-3-15-35-22-11-5-8-16-36-28(34)26-20(2)17-24(32)27(29)23(26)18-21(10-9-12-22)30-37-19-25(33)31-13-6-4-7-14-31/h3,5,9-11,17,22,32H,1,4,6-8,12-16,18-19H2,2H3/b10-9+,11-5+,30-21-. The summed E-state index contributed by atoms with van der Waals surface area (Å²) in [5.74, 6) is -0.798. The van der Waals surface area contributed by atoms with E-state index in [0.29, 0.717) is 36.3 Å². The van der Waals surface area contributed by atoms with Crippen LogP contribution in [0, 0.1) is 6.92 Å². The fraction of sp³-hybridized carbons (Fsp3) is 0.464. The summed E-state index contributed by atoms with van der Waals surface area (Å²) in [4.78, 5) is 32.7. The fourth-order valence-corrected chi connectivity index (χ4v) is 4.49. The predicted molar refractivity (Wildman–Crippen MR) is 143 cm³/mol. The molecule has 1 N–H and O–H groups in total. The smallest absolute Gasteiger partial charge is 0.338 e. The van der Waals surface area contributed by atoms with Crippen LogP contribution in [0.15, 0.2) is 48.2 Å². The van der Waals surface area contributed by atoms with Gasteiger partial charge in [-0.15, -0.1) is 6.58 Å². The molecule has 200 valence electrons. The molecule has 1 unspecified atom stereocenters. The van der Waals surface area contributed by atoms with Crippen molar-refractivity contribution in [3.8, 4) is 5.75 Å². The van der Waals surface area contributed by atoms with Gasteiger partial charge in [0.25, 0.3) is 5.91 Å². The zero-order chi connectivity index (χ0) is 26.6. The third-order valence-electron chi connectivity index (χ3n) is 6.15. The summed E-state index contributed by atoms with van der Waals surface area (Å²) in [6.45, 7) is 7.23. The van der Waals surface area contributed by atoms with Crippen molar-refractivity contribution in [1.29, 1.82) is 0 Å². The van der Waals surface area contributed by atoms with Gasteiger partial charge in [0.2, 0.25) is 0 Å². The van der Waals surface area contributed by atoms with Crippen molar-refractivity contribution < 1.29 is 29.0 Å². The quantitative estimate of drug-likeness (QED) is 0.318. The van der Waals surface area contributed by atoms with Crippen LogP contribution in [0.2, 0.25) is 5.02 Å². The van der Waals surface area contributed by atoms with Crippen molar-refractivity contribution in [2.24, 2.45) is 5.16 Å². The molecule has 0 saturated carbocycles. The molecule has 8 nitrogen and oxygen atoms in total. The number of phenolic OH excluding ortho intramolecular Hbond substituents is 1. The molecule has 1 amide bonds. The number of phenols is 1. The molecule has 0 aromatic heterocycles. The molecule has 1 aromatic carbocycles. The third kappa shape index (κ3) is 8.47. The SMILES string of the molecule is C=CCOC1/C=C/CCOC(=O)c2c(C)cc(O)c(Cl)c2CC(=N\OCC(=O)N2CCCCC2)/C=C/C1. The average Bonchev–Trinajstić information content (AvgIpc) is 2.89. The molecule has 1 atom stereocenters. The molecule has 0 aliphatic carbocycles. The van der Waals surface area contributed by atoms with Crippen molar-refractivity contribution in [3.05, 3.63) is 64.7 Å². The van der Waals surface area contributed by atoms with E-state index in [1.807, 2.05) is 18.2 Å². The van der Waals surface area contributed by atoms with E-state index >= 15 is 0 Å². The van der Waals surface area contributed by atoms with Gasteiger partial charge in [0.1, 0.15) is 5.75 Å². The van der Waals surface area contributed by atoms with Crippen molar-refractivity contribution in [2.75, 3.05) is 32.9 Å². The van der Waals surface area contributed by atoms with Crippen molar-refractivity contribution in [1.82, 2.24) is 4.90 Å². The van der Waals surface area contributed by atoms with Crippen LogP contribution in [0.5, 0.6) is 5.75 Å². The number of hydrogen-bond acceptors (Lipinski definition) is 7. The number of carbonyl (C=O) groups excluding carboxylic acids is 2. The number of ether oxygens (including phenoxy) is 2. The predicted octanol–water partition coefficient (Wildman–Crippen LogP) is 4.92. The second-order valence-electron chi connectivity index (χ2n) is 9.01. The van der Waals surface area contributed by atoms with Gasteiger partial charge in [-0.1, -0.05) is 41.1 Å². The van der Waals surface area contributed by atoms with Gasteiger partial charge in [0, 0.05) is 19.5 Å². The number of allylic oxidation sites excluding steroid dienone is 1. The number of benzene rings is 1. The molecule has 1 fully saturated rings. The van der Waals surface area contributed by atoms with E-state index in [0.717, 1.165) is 32.4 Å². The molecule has 1 saturated heterocycles. The monoisotopic (exact) mass is 530 g/mol. The number of rotatable bonds is 6. The number of cyclic esters (lactones) is 1. The third-order valence-corrected chi connectivity index (χ3v) is 6.58. The molecule has 0 spiro atoms. The molecule has 37 heavy (non-hydrogen) atoms. The van der Waals surface area contributed by atoms with E-state index in [-0.39, 0.29) is 48.0 Å². The number of nitrogens with zero attached hydrogens (tertiary/aromatic N) is 2. The van der Waals surface area contributed by atoms with Crippen LogP contribution < -0.4 is 0 Å². The van der Waals surface area contributed by atoms with E-state index in [9.17, 15) is 14.7 Å². The number of aromatic hydroxyl groups is 1. The first-order valence-electron chi connectivity index (χ1n) is 12.6. The Balaban J connectivity index is 1.90. The van der Waals surface area contributed by atoms with E-state index in [4.69, 9.17) is 25.9 Å². The maximum Gasteiger partial charge on any atom is 0.338 e. The summed E-state index contributed by atoms with van der Waals surface area (Å²) in [6, 6.07) is 1.44. The van der Waals surface area contributed by atoms with Crippen molar-refractivity contribution >= 4 is 29.2 Å². The highest BCUT2D eigenvalue weighted by molar-refractivity contribution is 6.33. The van der Waals surface area contributed by atoms with Gasteiger partial charge in [-0.05, 0) is 62.3 Å². The Morgan fingerprint density at radius 2 is 2.11 bits per heavy atom. The number of oxime groups is 1. The first kappa shape index (κ1) is 28.5. The number of piperidine rings is 1. The highest BCUT2D eigenvalue weighted by Crippen LogP contribution is 2.34. The number of halogens is 1. The van der Waals surface area contributed by atoms with E-state index in [1.165, 1.54) is 6.07 Å². The number of hydrogen-bond donors (Lipinski definition) is 1. The minimum Gasteiger partial charge on any atom is -0.506 e. The Hall–Kier alpha value is -3.10. The number of aryl methyl sites for hydroxylation is 1. The van der Waals surface area contributed by atoms with E-state index in [2.05, 4.69) is 11.7 Å². The maximum atomic E-state index is 13.0. The Labute approximate surface area is 223 Å². The van der Waals surface area contributed by atoms with Crippen LogP contribution in [0.4, 0.5) is 0 Å². The topological polar surface area (TPSA) is 97.7 Å². The number of esters is 1. The number of fused-ring (bicyclic) bond motifs is 1. The number of carbonyl (C=O) groups is 2. The number of amides is 1. The van der Waals surface area contributed by atoms with Gasteiger partial charge < -0.3 is 24.3 Å². The van der Waals surface area contributed by atoms with Crippen LogP contribution in [-0.4, -0.2) is 66.6 Å². The zero-order valence-corrected chi connectivity index (χ0v) is 22.0. The van der Waals surface area contributed by atoms with Crippen molar-refractivity contribution in [2.45, 2.75) is 51.6 Å². The van der Waals surface area contributed by atoms with Gasteiger partial charge in [-0.25, -0.2) is 4.79 Å². The van der Waals surface area contributed by atoms with Crippen LogP contribution in [0.25, 0.3) is 0 Å². The van der Waals surface area contributed by atoms with Crippen LogP contribution in [-0.2, 0) is 25.5 Å². The summed E-state index contributed by atoms with van der Waals surface area (Å²) in [7, 11) is 0. The molecular formula is C28H35ClN2O6. The molecule has 9 heteroatoms. The van der Waals surface area contributed by atoms with Crippen LogP contribution >= 0.6 is 11.6 Å². The lowest BCUT2D eigenvalue weighted by Crippen LogP contribution is -2.37. The van der Waals surface area contributed by atoms with Gasteiger partial charge in [0.15, 0.2) is 6.61 Å². The van der Waals surface area contributed by atoms with E-state index < -0.39 is 5.97 Å². The molecule has 1 aromatic rings. The lowest BCUT2D eigenvalue weighted by Gasteiger charge is -2.26. The largest absolute Gasteiger partial charge is 0.506 e. The highest BCUT2D eigenvalue weighted by atomic mass is 35.5.